The molecule has 2 N–H and O–H groups in total. The lowest BCUT2D eigenvalue weighted by Crippen LogP contribution is -2.36. The van der Waals surface area contributed by atoms with Crippen LogP contribution < -0.4 is 15.4 Å². The van der Waals surface area contributed by atoms with Crippen LogP contribution in [0.3, 0.4) is 0 Å². The molecule has 1 heterocycles. The van der Waals surface area contributed by atoms with E-state index in [-0.39, 0.29) is 30.1 Å². The highest BCUT2D eigenvalue weighted by atomic mass is 35.5. The Balaban J connectivity index is 0.00000220. The molecule has 1 aromatic carbocycles. The second-order valence-electron chi connectivity index (χ2n) is 4.78. The number of rotatable bonds is 6. The summed E-state index contributed by atoms with van der Waals surface area (Å²) < 4.78 is 28.2. The van der Waals surface area contributed by atoms with Crippen LogP contribution in [0.5, 0.6) is 5.75 Å². The molecule has 0 saturated carbocycles. The van der Waals surface area contributed by atoms with Gasteiger partial charge in [0.2, 0.25) is 5.91 Å². The van der Waals surface area contributed by atoms with Crippen molar-refractivity contribution in [3.63, 3.8) is 0 Å². The van der Waals surface area contributed by atoms with Gasteiger partial charge in [-0.3, -0.25) is 4.79 Å². The van der Waals surface area contributed by atoms with Crippen molar-refractivity contribution in [2.45, 2.75) is 31.9 Å². The van der Waals surface area contributed by atoms with E-state index in [2.05, 4.69) is 15.4 Å². The zero-order valence-corrected chi connectivity index (χ0v) is 12.3. The van der Waals surface area contributed by atoms with Gasteiger partial charge in [0.25, 0.3) is 0 Å². The Morgan fingerprint density at radius 3 is 2.67 bits per heavy atom. The number of hydrogen-bond acceptors (Lipinski definition) is 3. The minimum atomic E-state index is -2.81. The molecule has 1 aromatic rings. The lowest BCUT2D eigenvalue weighted by molar-refractivity contribution is -0.121. The first-order valence-corrected chi connectivity index (χ1v) is 6.67. The van der Waals surface area contributed by atoms with E-state index in [9.17, 15) is 13.6 Å². The van der Waals surface area contributed by atoms with Crippen LogP contribution in [-0.2, 0) is 11.2 Å². The predicted octanol–water partition coefficient (Wildman–Crippen LogP) is 2.12. The topological polar surface area (TPSA) is 50.4 Å². The second-order valence-corrected chi connectivity index (χ2v) is 4.78. The number of hydrogen-bond donors (Lipinski definition) is 2. The van der Waals surface area contributed by atoms with Crippen LogP contribution in [-0.4, -0.2) is 31.7 Å². The fraction of sp³-hybridized carbons (Fsp3) is 0.500. The van der Waals surface area contributed by atoms with Gasteiger partial charge in [0.1, 0.15) is 5.75 Å². The minimum absolute atomic E-state index is 0. The molecule has 0 bridgehead atoms. The number of benzene rings is 1. The summed E-state index contributed by atoms with van der Waals surface area (Å²) in [5.74, 6) is 0.150. The highest BCUT2D eigenvalue weighted by Gasteiger charge is 2.16. The van der Waals surface area contributed by atoms with Gasteiger partial charge in [-0.1, -0.05) is 12.1 Å². The number of ether oxygens (including phenoxy) is 1. The summed E-state index contributed by atoms with van der Waals surface area (Å²) in [7, 11) is 0. The van der Waals surface area contributed by atoms with Crippen LogP contribution in [0.15, 0.2) is 24.3 Å². The van der Waals surface area contributed by atoms with E-state index in [4.69, 9.17) is 0 Å². The van der Waals surface area contributed by atoms with E-state index >= 15 is 0 Å². The molecule has 1 atom stereocenters. The van der Waals surface area contributed by atoms with E-state index in [1.807, 2.05) is 0 Å². The standard InChI is InChI=1S/C14H18F2N2O2.ClH/c15-14(16)20-12-4-1-10(2-5-12)3-6-13(19)18-11-7-8-17-9-11;/h1-2,4-5,11,14,17H,3,6-9H2,(H,18,19);1H. The monoisotopic (exact) mass is 320 g/mol. The Morgan fingerprint density at radius 2 is 2.10 bits per heavy atom. The molecular weight excluding hydrogens is 302 g/mol. The highest BCUT2D eigenvalue weighted by molar-refractivity contribution is 5.85. The average Bonchev–Trinajstić information content (AvgIpc) is 2.90. The third-order valence-corrected chi connectivity index (χ3v) is 3.21. The third-order valence-electron chi connectivity index (χ3n) is 3.21. The van der Waals surface area contributed by atoms with Crippen LogP contribution in [0.2, 0.25) is 0 Å². The number of carbonyl (C=O) groups excluding carboxylic acids is 1. The fourth-order valence-electron chi connectivity index (χ4n) is 2.17. The normalized spacial score (nSPS) is 17.4. The molecular formula is C14H19ClF2N2O2. The maximum atomic E-state index is 12.0. The van der Waals surface area contributed by atoms with Crippen molar-refractivity contribution in [3.05, 3.63) is 29.8 Å². The first-order chi connectivity index (χ1) is 9.63. The summed E-state index contributed by atoms with van der Waals surface area (Å²) >= 11 is 0. The van der Waals surface area contributed by atoms with Gasteiger partial charge in [-0.15, -0.1) is 12.4 Å². The van der Waals surface area contributed by atoms with Crippen molar-refractivity contribution in [3.8, 4) is 5.75 Å². The zero-order valence-electron chi connectivity index (χ0n) is 11.5. The molecule has 2 rings (SSSR count). The minimum Gasteiger partial charge on any atom is -0.435 e. The number of halogens is 3. The van der Waals surface area contributed by atoms with Gasteiger partial charge in [-0.05, 0) is 37.1 Å². The second kappa shape index (κ2) is 8.79. The summed E-state index contributed by atoms with van der Waals surface area (Å²) in [5, 5.41) is 6.14. The summed E-state index contributed by atoms with van der Waals surface area (Å²) in [6.07, 6.45) is 1.94. The Bertz CT molecular complexity index is 437. The van der Waals surface area contributed by atoms with Crippen LogP contribution in [0.25, 0.3) is 0 Å². The molecule has 7 heteroatoms. The van der Waals surface area contributed by atoms with Crippen molar-refractivity contribution in [2.75, 3.05) is 13.1 Å². The van der Waals surface area contributed by atoms with E-state index in [0.717, 1.165) is 25.1 Å². The maximum absolute atomic E-state index is 12.0. The summed E-state index contributed by atoms with van der Waals surface area (Å²) in [6.45, 7) is -1.05. The molecule has 0 radical (unpaired) electrons. The lowest BCUT2D eigenvalue weighted by Gasteiger charge is -2.11. The van der Waals surface area contributed by atoms with Crippen molar-refractivity contribution in [2.24, 2.45) is 0 Å². The van der Waals surface area contributed by atoms with Gasteiger partial charge >= 0.3 is 6.61 Å². The SMILES string of the molecule is Cl.O=C(CCc1ccc(OC(F)F)cc1)NC1CCNC1. The summed E-state index contributed by atoms with van der Waals surface area (Å²) in [6, 6.07) is 6.59. The smallest absolute Gasteiger partial charge is 0.387 e. The third kappa shape index (κ3) is 6.27. The molecule has 4 nitrogen and oxygen atoms in total. The van der Waals surface area contributed by atoms with Crippen LogP contribution in [0, 0.1) is 0 Å². The molecule has 0 aromatic heterocycles. The Morgan fingerprint density at radius 1 is 1.38 bits per heavy atom. The highest BCUT2D eigenvalue weighted by Crippen LogP contribution is 2.15. The first kappa shape index (κ1) is 17.7. The molecule has 1 aliphatic rings. The van der Waals surface area contributed by atoms with E-state index in [0.29, 0.717) is 12.8 Å². The van der Waals surface area contributed by atoms with Gasteiger partial charge in [0, 0.05) is 19.0 Å². The number of alkyl halides is 2. The van der Waals surface area contributed by atoms with Gasteiger partial charge in [-0.25, -0.2) is 0 Å². The van der Waals surface area contributed by atoms with Gasteiger partial charge in [0.15, 0.2) is 0 Å². The summed E-state index contributed by atoms with van der Waals surface area (Å²) in [4.78, 5) is 11.7. The van der Waals surface area contributed by atoms with Crippen molar-refractivity contribution in [1.82, 2.24) is 10.6 Å². The lowest BCUT2D eigenvalue weighted by atomic mass is 10.1. The number of carbonyl (C=O) groups is 1. The van der Waals surface area contributed by atoms with Crippen LogP contribution in [0.1, 0.15) is 18.4 Å². The molecule has 0 spiro atoms. The maximum Gasteiger partial charge on any atom is 0.387 e. The van der Waals surface area contributed by atoms with Crippen molar-refractivity contribution < 1.29 is 18.3 Å². The van der Waals surface area contributed by atoms with Crippen molar-refractivity contribution in [1.29, 1.82) is 0 Å². The summed E-state index contributed by atoms with van der Waals surface area (Å²) in [5.41, 5.74) is 0.923. The quantitative estimate of drug-likeness (QED) is 0.844. The number of amides is 1. The molecule has 1 aliphatic heterocycles. The van der Waals surface area contributed by atoms with E-state index in [1.165, 1.54) is 12.1 Å². The molecule has 118 valence electrons. The fourth-order valence-corrected chi connectivity index (χ4v) is 2.17. The molecule has 1 fully saturated rings. The van der Waals surface area contributed by atoms with E-state index in [1.54, 1.807) is 12.1 Å². The Hall–Kier alpha value is -1.40. The molecule has 1 amide bonds. The van der Waals surface area contributed by atoms with Gasteiger partial charge < -0.3 is 15.4 Å². The van der Waals surface area contributed by atoms with Crippen LogP contribution >= 0.6 is 12.4 Å². The molecule has 21 heavy (non-hydrogen) atoms. The first-order valence-electron chi connectivity index (χ1n) is 6.67. The zero-order chi connectivity index (χ0) is 14.4. The molecule has 1 saturated heterocycles. The van der Waals surface area contributed by atoms with E-state index < -0.39 is 6.61 Å². The number of nitrogens with one attached hydrogen (secondary N) is 2. The average molecular weight is 321 g/mol. The largest absolute Gasteiger partial charge is 0.435 e. The van der Waals surface area contributed by atoms with Crippen LogP contribution in [0.4, 0.5) is 8.78 Å². The Kier molecular flexibility index (Phi) is 7.39. The Labute approximate surface area is 128 Å². The number of aryl methyl sites for hydroxylation is 1. The molecule has 0 aliphatic carbocycles. The van der Waals surface area contributed by atoms with Gasteiger partial charge in [0.05, 0.1) is 0 Å². The van der Waals surface area contributed by atoms with Crippen molar-refractivity contribution >= 4 is 18.3 Å². The molecule has 1 unspecified atom stereocenters. The predicted molar refractivity (Wildman–Crippen MR) is 78.1 cm³/mol. The van der Waals surface area contributed by atoms with Gasteiger partial charge in [-0.2, -0.15) is 8.78 Å².